The van der Waals surface area contributed by atoms with Crippen LogP contribution in [-0.2, 0) is 0 Å². The molecule has 1 amide bonds. The van der Waals surface area contributed by atoms with Crippen LogP contribution in [-0.4, -0.2) is 11.0 Å². The predicted molar refractivity (Wildman–Crippen MR) is 76.3 cm³/mol. The van der Waals surface area contributed by atoms with E-state index in [1.165, 1.54) is 12.1 Å². The second-order valence-corrected chi connectivity index (χ2v) is 4.61. The minimum atomic E-state index is -0.778. The minimum absolute atomic E-state index is 0.383. The summed E-state index contributed by atoms with van der Waals surface area (Å²) >= 11 is 0. The van der Waals surface area contributed by atoms with Gasteiger partial charge in [-0.1, -0.05) is 12.1 Å². The first-order chi connectivity index (χ1) is 9.40. The zero-order valence-corrected chi connectivity index (χ0v) is 11.2. The lowest BCUT2D eigenvalue weighted by atomic mass is 10.1. The van der Waals surface area contributed by atoms with Crippen LogP contribution >= 0.6 is 0 Å². The number of phenols is 1. The Kier molecular flexibility index (Phi) is 3.61. The SMILES string of the molecule is Cc1cc(C)c(NC(=O)c2c(O)cccc2F)cc1N. The first-order valence-corrected chi connectivity index (χ1v) is 6.05. The average molecular weight is 274 g/mol. The van der Waals surface area contributed by atoms with Crippen LogP contribution in [0.5, 0.6) is 5.75 Å². The third kappa shape index (κ3) is 2.56. The summed E-state index contributed by atoms with van der Waals surface area (Å²) in [4.78, 5) is 12.1. The van der Waals surface area contributed by atoms with Gasteiger partial charge in [-0.3, -0.25) is 4.79 Å². The van der Waals surface area contributed by atoms with Crippen molar-refractivity contribution < 1.29 is 14.3 Å². The van der Waals surface area contributed by atoms with Gasteiger partial charge in [0.05, 0.1) is 0 Å². The zero-order valence-electron chi connectivity index (χ0n) is 11.2. The van der Waals surface area contributed by atoms with Gasteiger partial charge in [0.2, 0.25) is 0 Å². The van der Waals surface area contributed by atoms with Crippen LogP contribution in [0.4, 0.5) is 15.8 Å². The van der Waals surface area contributed by atoms with Gasteiger partial charge in [0, 0.05) is 11.4 Å². The van der Waals surface area contributed by atoms with Gasteiger partial charge < -0.3 is 16.2 Å². The van der Waals surface area contributed by atoms with Crippen molar-refractivity contribution in [3.8, 4) is 5.75 Å². The molecule has 0 unspecified atom stereocenters. The summed E-state index contributed by atoms with van der Waals surface area (Å²) in [5, 5.41) is 12.1. The smallest absolute Gasteiger partial charge is 0.262 e. The van der Waals surface area contributed by atoms with E-state index in [-0.39, 0.29) is 5.56 Å². The van der Waals surface area contributed by atoms with Gasteiger partial charge in [-0.05, 0) is 43.2 Å². The Morgan fingerprint density at radius 2 is 1.95 bits per heavy atom. The maximum absolute atomic E-state index is 13.6. The summed E-state index contributed by atoms with van der Waals surface area (Å²) in [6, 6.07) is 7.14. The number of halogens is 1. The number of nitrogens with one attached hydrogen (secondary N) is 1. The van der Waals surface area contributed by atoms with E-state index in [4.69, 9.17) is 5.73 Å². The highest BCUT2D eigenvalue weighted by Gasteiger charge is 2.17. The summed E-state index contributed by atoms with van der Waals surface area (Å²) in [5.41, 5.74) is 8.13. The van der Waals surface area contributed by atoms with Gasteiger partial charge in [-0.25, -0.2) is 4.39 Å². The number of aromatic hydroxyl groups is 1. The monoisotopic (exact) mass is 274 g/mol. The molecule has 4 N–H and O–H groups in total. The second-order valence-electron chi connectivity index (χ2n) is 4.61. The highest BCUT2D eigenvalue weighted by Crippen LogP contribution is 2.25. The van der Waals surface area contributed by atoms with Gasteiger partial charge in [-0.15, -0.1) is 0 Å². The Hall–Kier alpha value is -2.56. The first-order valence-electron chi connectivity index (χ1n) is 6.05. The van der Waals surface area contributed by atoms with Gasteiger partial charge >= 0.3 is 0 Å². The molecule has 4 nitrogen and oxygen atoms in total. The van der Waals surface area contributed by atoms with Gasteiger partial charge in [0.1, 0.15) is 17.1 Å². The molecule has 0 spiro atoms. The molecule has 0 radical (unpaired) electrons. The molecule has 0 bridgehead atoms. The molecular weight excluding hydrogens is 259 g/mol. The largest absolute Gasteiger partial charge is 0.507 e. The minimum Gasteiger partial charge on any atom is -0.507 e. The molecule has 5 heteroatoms. The van der Waals surface area contributed by atoms with E-state index in [0.717, 1.165) is 17.2 Å². The van der Waals surface area contributed by atoms with Crippen molar-refractivity contribution >= 4 is 17.3 Å². The molecule has 0 aromatic heterocycles. The Bertz CT molecular complexity index is 664. The Balaban J connectivity index is 2.35. The van der Waals surface area contributed by atoms with Crippen molar-refractivity contribution in [2.45, 2.75) is 13.8 Å². The van der Waals surface area contributed by atoms with Crippen molar-refractivity contribution in [2.24, 2.45) is 0 Å². The van der Waals surface area contributed by atoms with Crippen molar-refractivity contribution in [3.63, 3.8) is 0 Å². The topological polar surface area (TPSA) is 75.3 Å². The zero-order chi connectivity index (χ0) is 14.9. The fraction of sp³-hybridized carbons (Fsp3) is 0.133. The average Bonchev–Trinajstić information content (AvgIpc) is 2.35. The number of hydrogen-bond donors (Lipinski definition) is 3. The lowest BCUT2D eigenvalue weighted by Gasteiger charge is -2.12. The number of phenolic OH excluding ortho intramolecular Hbond substituents is 1. The molecule has 0 saturated heterocycles. The van der Waals surface area contributed by atoms with Crippen LogP contribution in [0, 0.1) is 19.7 Å². The first kappa shape index (κ1) is 13.9. The summed E-state index contributed by atoms with van der Waals surface area (Å²) in [5.74, 6) is -1.90. The molecule has 2 rings (SSSR count). The number of hydrogen-bond acceptors (Lipinski definition) is 3. The molecular formula is C15H15FN2O2. The second kappa shape index (κ2) is 5.21. The van der Waals surface area contributed by atoms with Crippen molar-refractivity contribution in [2.75, 3.05) is 11.1 Å². The standard InChI is InChI=1S/C15H15FN2O2/c1-8-6-9(2)12(7-11(8)17)18-15(20)14-10(16)4-3-5-13(14)19/h3-7,19H,17H2,1-2H3,(H,18,20). The summed E-state index contributed by atoms with van der Waals surface area (Å²) < 4.78 is 13.6. The van der Waals surface area contributed by atoms with Crippen LogP contribution in [0.1, 0.15) is 21.5 Å². The normalized spacial score (nSPS) is 10.3. The fourth-order valence-corrected chi connectivity index (χ4v) is 1.93. The number of aryl methyl sites for hydroxylation is 2. The predicted octanol–water partition coefficient (Wildman–Crippen LogP) is 2.98. The quantitative estimate of drug-likeness (QED) is 0.737. The molecule has 0 aliphatic rings. The maximum atomic E-state index is 13.6. The Morgan fingerprint density at radius 3 is 2.60 bits per heavy atom. The third-order valence-corrected chi connectivity index (χ3v) is 3.08. The van der Waals surface area contributed by atoms with E-state index in [2.05, 4.69) is 5.32 Å². The molecule has 20 heavy (non-hydrogen) atoms. The Labute approximate surface area is 116 Å². The number of nitrogens with two attached hydrogens (primary N) is 1. The van der Waals surface area contributed by atoms with E-state index >= 15 is 0 Å². The number of carbonyl (C=O) groups is 1. The molecule has 2 aromatic carbocycles. The van der Waals surface area contributed by atoms with E-state index in [1.807, 2.05) is 19.9 Å². The Morgan fingerprint density at radius 1 is 1.25 bits per heavy atom. The molecule has 0 atom stereocenters. The highest BCUT2D eigenvalue weighted by molar-refractivity contribution is 6.06. The van der Waals surface area contributed by atoms with Crippen LogP contribution < -0.4 is 11.1 Å². The van der Waals surface area contributed by atoms with Gasteiger partial charge in [0.15, 0.2) is 0 Å². The molecule has 0 aliphatic carbocycles. The van der Waals surface area contributed by atoms with Crippen molar-refractivity contribution in [1.82, 2.24) is 0 Å². The van der Waals surface area contributed by atoms with Crippen LogP contribution in [0.3, 0.4) is 0 Å². The summed E-state index contributed by atoms with van der Waals surface area (Å²) in [7, 11) is 0. The number of carbonyl (C=O) groups excluding carboxylic acids is 1. The number of anilines is 2. The van der Waals surface area contributed by atoms with Gasteiger partial charge in [0.25, 0.3) is 5.91 Å². The summed E-state index contributed by atoms with van der Waals surface area (Å²) in [6.45, 7) is 3.67. The molecule has 0 heterocycles. The van der Waals surface area contributed by atoms with Crippen molar-refractivity contribution in [1.29, 1.82) is 0 Å². The lowest BCUT2D eigenvalue weighted by molar-refractivity contribution is 0.102. The van der Waals surface area contributed by atoms with Crippen LogP contribution in [0.25, 0.3) is 0 Å². The third-order valence-electron chi connectivity index (χ3n) is 3.08. The number of rotatable bonds is 2. The molecule has 2 aromatic rings. The van der Waals surface area contributed by atoms with Crippen LogP contribution in [0.15, 0.2) is 30.3 Å². The van der Waals surface area contributed by atoms with E-state index < -0.39 is 17.5 Å². The molecule has 0 saturated carbocycles. The van der Waals surface area contributed by atoms with Crippen LogP contribution in [0.2, 0.25) is 0 Å². The van der Waals surface area contributed by atoms with E-state index in [0.29, 0.717) is 11.4 Å². The van der Waals surface area contributed by atoms with E-state index in [9.17, 15) is 14.3 Å². The van der Waals surface area contributed by atoms with Gasteiger partial charge in [-0.2, -0.15) is 0 Å². The van der Waals surface area contributed by atoms with Crippen molar-refractivity contribution in [3.05, 3.63) is 52.8 Å². The number of amides is 1. The number of nitrogen functional groups attached to an aromatic ring is 1. The molecule has 104 valence electrons. The maximum Gasteiger partial charge on any atom is 0.262 e. The van der Waals surface area contributed by atoms with E-state index in [1.54, 1.807) is 6.07 Å². The molecule has 0 fully saturated rings. The highest BCUT2D eigenvalue weighted by atomic mass is 19.1. The number of benzene rings is 2. The lowest BCUT2D eigenvalue weighted by Crippen LogP contribution is -2.15. The molecule has 0 aliphatic heterocycles. The fourth-order valence-electron chi connectivity index (χ4n) is 1.93. The summed E-state index contributed by atoms with van der Waals surface area (Å²) in [6.07, 6.45) is 0.